The number of anilines is 3. The quantitative estimate of drug-likeness (QED) is 0.0315. The predicted octanol–water partition coefficient (Wildman–Crippen LogP) is 8.48. The number of piperidine rings is 2. The van der Waals surface area contributed by atoms with Gasteiger partial charge in [0.25, 0.3) is 11.1 Å². The number of ether oxygens (including phenoxy) is 5. The number of nitrogens with one attached hydrogen (secondary N) is 3. The van der Waals surface area contributed by atoms with Crippen molar-refractivity contribution in [2.24, 2.45) is 0 Å². The van der Waals surface area contributed by atoms with Crippen LogP contribution in [-0.2, 0) is 33.4 Å². The molecular formula is C71H82ClLiN14O12S3. The number of hydrogen-bond donors (Lipinski definition) is 4. The van der Waals surface area contributed by atoms with E-state index in [9.17, 15) is 24.0 Å². The second-order valence-corrected chi connectivity index (χ2v) is 29.1. The molecule has 6 fully saturated rings. The van der Waals surface area contributed by atoms with Gasteiger partial charge in [-0.1, -0.05) is 89.7 Å². The molecule has 4 aliphatic carbocycles. The summed E-state index contributed by atoms with van der Waals surface area (Å²) in [7, 11) is 0. The second kappa shape index (κ2) is 37.2. The first-order chi connectivity index (χ1) is 48.7. The Bertz CT molecular complexity index is 4120. The fraction of sp³-hybridized carbons (Fsp3) is 0.465. The molecule has 102 heavy (non-hydrogen) atoms. The van der Waals surface area contributed by atoms with E-state index in [1.807, 2.05) is 42.5 Å². The summed E-state index contributed by atoms with van der Waals surface area (Å²) in [6, 6.07) is 25.7. The van der Waals surface area contributed by atoms with E-state index in [4.69, 9.17) is 35.7 Å². The van der Waals surface area contributed by atoms with Gasteiger partial charge in [0.1, 0.15) is 42.0 Å². The molecule has 26 nitrogen and oxygen atoms in total. The zero-order valence-corrected chi connectivity index (χ0v) is 60.3. The number of carbonyl (C=O) groups is 5. The number of aliphatic hydroxyl groups is 1. The zero-order chi connectivity index (χ0) is 69.3. The van der Waals surface area contributed by atoms with Crippen molar-refractivity contribution in [2.45, 2.75) is 164 Å². The number of halogens is 1. The van der Waals surface area contributed by atoms with E-state index in [0.29, 0.717) is 62.0 Å². The smallest absolute Gasteiger partial charge is 0.870 e. The van der Waals surface area contributed by atoms with Crippen molar-refractivity contribution in [3.05, 3.63) is 127 Å². The average Bonchev–Trinajstić information content (AvgIpc) is 1.49. The van der Waals surface area contributed by atoms with E-state index in [2.05, 4.69) is 95.9 Å². The van der Waals surface area contributed by atoms with Crippen molar-refractivity contribution >= 4 is 121 Å². The first-order valence-electron chi connectivity index (χ1n) is 34.1. The van der Waals surface area contributed by atoms with Gasteiger partial charge in [0.2, 0.25) is 23.5 Å². The number of fused-ring (bicyclic) bond motifs is 3. The minimum absolute atomic E-state index is 0. The van der Waals surface area contributed by atoms with E-state index in [-0.39, 0.29) is 79.5 Å². The Balaban J connectivity index is 0.000000155. The van der Waals surface area contributed by atoms with Crippen LogP contribution in [0.4, 0.5) is 15.4 Å². The molecule has 0 atom stereocenters. The van der Waals surface area contributed by atoms with Crippen molar-refractivity contribution < 1.29 is 77.1 Å². The molecule has 2 amide bonds. The Morgan fingerprint density at radius 1 is 0.471 bits per heavy atom. The summed E-state index contributed by atoms with van der Waals surface area (Å²) >= 11 is 9.87. The summed E-state index contributed by atoms with van der Waals surface area (Å²) < 4.78 is 31.3. The summed E-state index contributed by atoms with van der Waals surface area (Å²) in [5, 5.41) is 21.9. The monoisotopic (exact) mass is 1460 g/mol. The van der Waals surface area contributed by atoms with Gasteiger partial charge in [-0.2, -0.15) is 0 Å². The topological polar surface area (TPSA) is 340 Å². The second-order valence-electron chi connectivity index (χ2n) is 25.6. The third-order valence-corrected chi connectivity index (χ3v) is 21.5. The van der Waals surface area contributed by atoms with Gasteiger partial charge in [-0.25, -0.2) is 29.9 Å². The van der Waals surface area contributed by atoms with Gasteiger partial charge in [0.15, 0.2) is 28.6 Å². The van der Waals surface area contributed by atoms with Gasteiger partial charge in [0.05, 0.1) is 30.6 Å². The summed E-state index contributed by atoms with van der Waals surface area (Å²) in [5.41, 5.74) is 5.91. The molecule has 8 heterocycles. The van der Waals surface area contributed by atoms with Crippen LogP contribution in [0.5, 0.6) is 17.6 Å². The Morgan fingerprint density at radius 3 is 1.12 bits per heavy atom. The van der Waals surface area contributed by atoms with Crippen molar-refractivity contribution in [3.8, 4) is 17.6 Å². The molecule has 2 aliphatic heterocycles. The number of thiazole rings is 3. The summed E-state index contributed by atoms with van der Waals surface area (Å²) in [6.45, 7) is 3.98. The van der Waals surface area contributed by atoms with Crippen LogP contribution < -0.4 is 49.0 Å². The first-order valence-corrected chi connectivity index (χ1v) is 37.0. The minimum Gasteiger partial charge on any atom is -0.870 e. The zero-order valence-electron chi connectivity index (χ0n) is 57.1. The van der Waals surface area contributed by atoms with Crippen LogP contribution in [0.25, 0.3) is 30.6 Å². The van der Waals surface area contributed by atoms with Gasteiger partial charge < -0.3 is 60.0 Å². The molecule has 534 valence electrons. The van der Waals surface area contributed by atoms with E-state index in [0.717, 1.165) is 119 Å². The summed E-state index contributed by atoms with van der Waals surface area (Å²) in [4.78, 5) is 99.1. The van der Waals surface area contributed by atoms with Gasteiger partial charge in [-0.15, -0.1) is 0 Å². The number of benzene rings is 3. The van der Waals surface area contributed by atoms with Crippen LogP contribution in [0.15, 0.2) is 110 Å². The molecule has 0 radical (unpaired) electrons. The molecule has 31 heteroatoms. The molecule has 0 unspecified atom stereocenters. The number of rotatable bonds is 20. The Labute approximate surface area is 619 Å². The molecule has 2 saturated heterocycles. The van der Waals surface area contributed by atoms with Gasteiger partial charge in [-0.05, 0) is 86.5 Å². The van der Waals surface area contributed by atoms with Gasteiger partial charge in [-0.3, -0.25) is 38.9 Å². The van der Waals surface area contributed by atoms with E-state index >= 15 is 0 Å². The number of aliphatic hydroxyl groups excluding tert-OH is 1. The molecule has 9 aromatic rings. The van der Waals surface area contributed by atoms with E-state index < -0.39 is 23.8 Å². The third kappa shape index (κ3) is 21.0. The molecule has 4 saturated carbocycles. The Hall–Kier alpha value is -8.27. The number of hydrogen-bond acceptors (Lipinski definition) is 27. The number of nitrogens with zero attached hydrogens (tertiary/aromatic N) is 11. The van der Waals surface area contributed by atoms with Crippen molar-refractivity contribution in [1.82, 2.24) is 54.7 Å². The van der Waals surface area contributed by atoms with Crippen LogP contribution in [0.3, 0.4) is 0 Å². The average molecular weight is 1460 g/mol. The number of likely N-dealkylation sites (tertiary alicyclic amines) is 2. The van der Waals surface area contributed by atoms with E-state index in [1.165, 1.54) is 60.1 Å². The first kappa shape index (κ1) is 76.4. The maximum Gasteiger partial charge on any atom is 1.00 e. The molecule has 0 spiro atoms. The SMILES string of the molecule is CC(=O)OCC(=O)Cl.CC(=O)OCC(=O)N1CCC(c2nccnc2OC2CC(Nc3nc4ccccc4s3)C2)CC1.O=C(CO)N1CCC(c2nccnc2OC2CC(Nc3nc4ccccc4s3)C2)CC1.[Li+].[OH-].c1ccc2sc(NC3CC(Oc4nccnc4C4CCCCC4)C3)nc2c1. The fourth-order valence-corrected chi connectivity index (χ4v) is 15.8. The number of esters is 2. The molecular weight excluding hydrogens is 1380 g/mol. The van der Waals surface area contributed by atoms with Crippen LogP contribution in [0.1, 0.15) is 145 Å². The largest absolute Gasteiger partial charge is 1.00 e. The molecule has 6 aliphatic rings. The molecule has 0 bridgehead atoms. The number of amides is 2. The molecule has 5 N–H and O–H groups in total. The maximum absolute atomic E-state index is 12.2. The minimum atomic E-state index is -0.666. The number of aromatic nitrogens is 9. The van der Waals surface area contributed by atoms with Gasteiger partial charge >= 0.3 is 30.8 Å². The Kier molecular flexibility index (Phi) is 27.9. The fourth-order valence-electron chi connectivity index (χ4n) is 13.0. The predicted molar refractivity (Wildman–Crippen MR) is 384 cm³/mol. The standard InChI is InChI=1S/C24H27N5O4S.C22H25N5O3S.C21H24N4OS.C4H5ClO3.Li.H2O/c1-15(30)32-14-21(31)29-10-6-16(7-11-29)22-23(26-9-8-25-22)33-18-12-17(13-18)27-24-28-19-4-2-3-5-20(19)34-24;28-13-19(29)27-9-5-14(6-10-27)20-21(24-8-7-23-20)30-16-11-15(12-16)25-22-26-17-3-1-2-4-18(17)31-22;1-2-6-14(7-3-1)19-20(23-11-10-22-19)26-16-12-15(13-16)24-21-25-17-8-4-5-9-18(17)27-21;1-3(6)8-2-4(5)7;;/h2-5,8-9,16-18H,6-7,10-14H2,1H3,(H,27,28);1-4,7-8,14-16,28H,5-6,9-13H2,(H,25,26);4-5,8-11,14-16H,1-3,6-7,12-13H2,(H,24,25);2H2,1H3;;1H2/q;;;;+1;/p-1. The third-order valence-electron chi connectivity index (χ3n) is 18.4. The molecule has 6 aromatic heterocycles. The number of carbonyl (C=O) groups excluding carboxylic acids is 5. The maximum atomic E-state index is 12.2. The van der Waals surface area contributed by atoms with Crippen molar-refractivity contribution in [1.29, 1.82) is 0 Å². The van der Waals surface area contributed by atoms with Crippen LogP contribution >= 0.6 is 45.6 Å². The Morgan fingerprint density at radius 2 is 0.794 bits per heavy atom. The number of para-hydroxylation sites is 3. The van der Waals surface area contributed by atoms with E-state index in [1.54, 1.807) is 81.0 Å². The van der Waals surface area contributed by atoms with Crippen molar-refractivity contribution in [3.63, 3.8) is 0 Å². The van der Waals surface area contributed by atoms with Gasteiger partial charge in [0, 0.05) is 152 Å². The molecule has 15 rings (SSSR count). The van der Waals surface area contributed by atoms with Crippen LogP contribution in [0, 0.1) is 0 Å². The van der Waals surface area contributed by atoms with Crippen molar-refractivity contribution in [2.75, 3.05) is 62.0 Å². The summed E-state index contributed by atoms with van der Waals surface area (Å²) in [6.07, 6.45) is 25.7. The molecule has 3 aromatic carbocycles. The van der Waals surface area contributed by atoms with Crippen LogP contribution in [0.2, 0.25) is 0 Å². The summed E-state index contributed by atoms with van der Waals surface area (Å²) in [5.74, 6) is 1.54. The van der Waals surface area contributed by atoms with Crippen LogP contribution in [-0.4, -0.2) is 177 Å². The normalized spacial score (nSPS) is 20.2.